The summed E-state index contributed by atoms with van der Waals surface area (Å²) >= 11 is 7.32. The Labute approximate surface area is 166 Å². The first kappa shape index (κ1) is 19.1. The van der Waals surface area contributed by atoms with Crippen molar-refractivity contribution in [2.75, 3.05) is 13.4 Å². The lowest BCUT2D eigenvalue weighted by atomic mass is 10.0. The molecule has 0 aliphatic carbocycles. The standard InChI is InChI=1S/C19H17ClN4O2S/c1-26-16-6-4-3-5-15(16)23-19(27-2)17(24-12-21-11-22-24)18(25)13-7-9-14(20)10-8-13/h3-12,17H,1-2H3. The Morgan fingerprint density at radius 1 is 1.22 bits per heavy atom. The van der Waals surface area contributed by atoms with Gasteiger partial charge in [0.1, 0.15) is 29.1 Å². The number of thioether (sulfide) groups is 1. The number of methoxy groups -OCH3 is 1. The number of nitrogens with zero attached hydrogens (tertiary/aromatic N) is 4. The number of ether oxygens (including phenoxy) is 1. The van der Waals surface area contributed by atoms with Crippen LogP contribution >= 0.6 is 23.4 Å². The van der Waals surface area contributed by atoms with E-state index in [1.807, 2.05) is 30.5 Å². The number of rotatable bonds is 6. The van der Waals surface area contributed by atoms with Crippen molar-refractivity contribution in [2.24, 2.45) is 4.99 Å². The van der Waals surface area contributed by atoms with Gasteiger partial charge in [-0.1, -0.05) is 23.7 Å². The summed E-state index contributed by atoms with van der Waals surface area (Å²) in [7, 11) is 1.58. The minimum absolute atomic E-state index is 0.153. The van der Waals surface area contributed by atoms with Crippen LogP contribution in [0.5, 0.6) is 5.75 Å². The number of carbonyl (C=O) groups is 1. The zero-order valence-corrected chi connectivity index (χ0v) is 16.3. The van der Waals surface area contributed by atoms with Gasteiger partial charge in [-0.05, 0) is 42.7 Å². The van der Waals surface area contributed by atoms with Gasteiger partial charge < -0.3 is 4.74 Å². The van der Waals surface area contributed by atoms with Crippen molar-refractivity contribution in [3.8, 4) is 5.75 Å². The highest BCUT2D eigenvalue weighted by molar-refractivity contribution is 8.13. The summed E-state index contributed by atoms with van der Waals surface area (Å²) in [5, 5.41) is 5.31. The van der Waals surface area contributed by atoms with Gasteiger partial charge in [0.15, 0.2) is 11.8 Å². The zero-order chi connectivity index (χ0) is 19.2. The summed E-state index contributed by atoms with van der Waals surface area (Å²) in [5.41, 5.74) is 1.15. The molecule has 0 N–H and O–H groups in total. The number of benzene rings is 2. The van der Waals surface area contributed by atoms with E-state index < -0.39 is 6.04 Å². The summed E-state index contributed by atoms with van der Waals surface area (Å²) in [6.07, 6.45) is 4.77. The van der Waals surface area contributed by atoms with E-state index in [0.717, 1.165) is 0 Å². The fraction of sp³-hybridized carbons (Fsp3) is 0.158. The Balaban J connectivity index is 2.07. The van der Waals surface area contributed by atoms with Gasteiger partial charge in [-0.25, -0.2) is 14.7 Å². The first-order chi connectivity index (χ1) is 13.1. The number of carbonyl (C=O) groups excluding carboxylic acids is 1. The molecule has 0 aliphatic heterocycles. The van der Waals surface area contributed by atoms with E-state index in [1.165, 1.54) is 29.1 Å². The van der Waals surface area contributed by atoms with Gasteiger partial charge in [0.25, 0.3) is 0 Å². The summed E-state index contributed by atoms with van der Waals surface area (Å²) in [4.78, 5) is 21.9. The first-order valence-electron chi connectivity index (χ1n) is 8.03. The second-order valence-electron chi connectivity index (χ2n) is 5.48. The normalized spacial score (nSPS) is 12.6. The van der Waals surface area contributed by atoms with Crippen molar-refractivity contribution >= 4 is 39.9 Å². The third kappa shape index (κ3) is 4.37. The molecule has 0 bridgehead atoms. The number of Topliss-reactive ketones (excluding diaryl/α,β-unsaturated/α-hetero) is 1. The van der Waals surface area contributed by atoms with Crippen LogP contribution < -0.4 is 4.74 Å². The number of halogens is 1. The highest BCUT2D eigenvalue weighted by Gasteiger charge is 2.28. The number of ketones is 1. The lowest BCUT2D eigenvalue weighted by Crippen LogP contribution is -2.26. The molecule has 1 atom stereocenters. The third-order valence-corrected chi connectivity index (χ3v) is 4.82. The third-order valence-electron chi connectivity index (χ3n) is 3.84. The summed E-state index contributed by atoms with van der Waals surface area (Å²) in [6, 6.07) is 13.4. The topological polar surface area (TPSA) is 69.4 Å². The maximum absolute atomic E-state index is 13.2. The molecule has 1 heterocycles. The average molecular weight is 401 g/mol. The van der Waals surface area contributed by atoms with Crippen LogP contribution in [0, 0.1) is 0 Å². The monoisotopic (exact) mass is 400 g/mol. The number of hydrogen-bond acceptors (Lipinski definition) is 6. The number of hydrogen-bond donors (Lipinski definition) is 0. The van der Waals surface area contributed by atoms with Crippen molar-refractivity contribution in [3.63, 3.8) is 0 Å². The minimum Gasteiger partial charge on any atom is -0.494 e. The molecule has 0 spiro atoms. The van der Waals surface area contributed by atoms with Crippen LogP contribution in [0.15, 0.2) is 66.2 Å². The summed E-state index contributed by atoms with van der Waals surface area (Å²) in [6.45, 7) is 0. The van der Waals surface area contributed by atoms with Crippen molar-refractivity contribution in [2.45, 2.75) is 6.04 Å². The predicted octanol–water partition coefficient (Wildman–Crippen LogP) is 4.46. The van der Waals surface area contributed by atoms with Gasteiger partial charge >= 0.3 is 0 Å². The van der Waals surface area contributed by atoms with Crippen LogP contribution in [0.25, 0.3) is 0 Å². The molecule has 0 fully saturated rings. The fourth-order valence-electron chi connectivity index (χ4n) is 2.53. The molecule has 1 aromatic heterocycles. The van der Waals surface area contributed by atoms with E-state index in [2.05, 4.69) is 15.1 Å². The fourth-order valence-corrected chi connectivity index (χ4v) is 3.28. The van der Waals surface area contributed by atoms with Crippen LogP contribution in [0.1, 0.15) is 16.4 Å². The largest absolute Gasteiger partial charge is 0.494 e. The van der Waals surface area contributed by atoms with E-state index in [4.69, 9.17) is 16.3 Å². The molecule has 2 aromatic carbocycles. The summed E-state index contributed by atoms with van der Waals surface area (Å²) < 4.78 is 6.87. The first-order valence-corrected chi connectivity index (χ1v) is 9.63. The Morgan fingerprint density at radius 3 is 2.59 bits per heavy atom. The lowest BCUT2D eigenvalue weighted by molar-refractivity contribution is 0.0954. The Kier molecular flexibility index (Phi) is 6.26. The van der Waals surface area contributed by atoms with Crippen LogP contribution in [0.3, 0.4) is 0 Å². The van der Waals surface area contributed by atoms with E-state index in [9.17, 15) is 4.79 Å². The maximum atomic E-state index is 13.2. The molecule has 1 unspecified atom stereocenters. The van der Waals surface area contributed by atoms with Crippen LogP contribution in [-0.2, 0) is 0 Å². The molecule has 0 aliphatic rings. The molecule has 0 saturated heterocycles. The van der Waals surface area contributed by atoms with Gasteiger partial charge in [0, 0.05) is 10.6 Å². The quantitative estimate of drug-likeness (QED) is 0.347. The predicted molar refractivity (Wildman–Crippen MR) is 108 cm³/mol. The lowest BCUT2D eigenvalue weighted by Gasteiger charge is -2.18. The molecule has 27 heavy (non-hydrogen) atoms. The molecule has 3 aromatic rings. The average Bonchev–Trinajstić information content (AvgIpc) is 3.22. The van der Waals surface area contributed by atoms with Gasteiger partial charge in [0.05, 0.1) is 7.11 Å². The van der Waals surface area contributed by atoms with Crippen molar-refractivity contribution < 1.29 is 9.53 Å². The SMILES string of the molecule is COc1ccccc1N=C(SC)C(C(=O)c1ccc(Cl)cc1)n1cncn1. The van der Waals surface area contributed by atoms with E-state index >= 15 is 0 Å². The number of aromatic nitrogens is 3. The van der Waals surface area contributed by atoms with Gasteiger partial charge in [-0.3, -0.25) is 4.79 Å². The number of para-hydroxylation sites is 2. The molecule has 0 saturated carbocycles. The molecule has 0 radical (unpaired) electrons. The molecule has 6 nitrogen and oxygen atoms in total. The highest BCUT2D eigenvalue weighted by atomic mass is 35.5. The Morgan fingerprint density at radius 2 is 1.96 bits per heavy atom. The van der Waals surface area contributed by atoms with Crippen molar-refractivity contribution in [3.05, 3.63) is 71.8 Å². The van der Waals surface area contributed by atoms with Crippen LogP contribution in [0.2, 0.25) is 5.02 Å². The number of aliphatic imine (C=N–C) groups is 1. The molecule has 138 valence electrons. The second kappa shape index (κ2) is 8.83. The van der Waals surface area contributed by atoms with Gasteiger partial charge in [-0.15, -0.1) is 11.8 Å². The van der Waals surface area contributed by atoms with Crippen LogP contribution in [-0.4, -0.2) is 39.0 Å². The van der Waals surface area contributed by atoms with E-state index in [1.54, 1.807) is 31.4 Å². The molecule has 0 amide bonds. The molecular weight excluding hydrogens is 384 g/mol. The van der Waals surface area contributed by atoms with Gasteiger partial charge in [-0.2, -0.15) is 5.10 Å². The van der Waals surface area contributed by atoms with Crippen molar-refractivity contribution in [1.29, 1.82) is 0 Å². The molecular formula is C19H17ClN4O2S. The van der Waals surface area contributed by atoms with E-state index in [-0.39, 0.29) is 5.78 Å². The van der Waals surface area contributed by atoms with E-state index in [0.29, 0.717) is 27.1 Å². The van der Waals surface area contributed by atoms with Crippen LogP contribution in [0.4, 0.5) is 5.69 Å². The second-order valence-corrected chi connectivity index (χ2v) is 6.74. The molecule has 3 rings (SSSR count). The van der Waals surface area contributed by atoms with Crippen molar-refractivity contribution in [1.82, 2.24) is 14.8 Å². The Hall–Kier alpha value is -2.64. The zero-order valence-electron chi connectivity index (χ0n) is 14.7. The van der Waals surface area contributed by atoms with Gasteiger partial charge in [0.2, 0.25) is 0 Å². The minimum atomic E-state index is -0.742. The smallest absolute Gasteiger partial charge is 0.194 e. The Bertz CT molecular complexity index is 943. The highest BCUT2D eigenvalue weighted by Crippen LogP contribution is 2.31. The summed E-state index contributed by atoms with van der Waals surface area (Å²) in [5.74, 6) is 0.473. The maximum Gasteiger partial charge on any atom is 0.194 e. The molecule has 8 heteroatoms.